The molecule has 0 aliphatic rings. The Morgan fingerprint density at radius 1 is 1.19 bits per heavy atom. The molecule has 2 aromatic carbocycles. The third-order valence-electron chi connectivity index (χ3n) is 3.73. The number of hydrogen-bond donors (Lipinski definition) is 1. The summed E-state index contributed by atoms with van der Waals surface area (Å²) in [6, 6.07) is 13.4. The van der Waals surface area contributed by atoms with Gasteiger partial charge in [0.05, 0.1) is 10.0 Å². The molecule has 2 aromatic rings. The molecule has 0 saturated heterocycles. The maximum atomic E-state index is 12.3. The summed E-state index contributed by atoms with van der Waals surface area (Å²) >= 11 is 13.7. The highest BCUT2D eigenvalue weighted by molar-refractivity contribution is 7.98. The molecule has 0 aromatic heterocycles. The third-order valence-corrected chi connectivity index (χ3v) is 5.50. The molecule has 0 aliphatic carbocycles. The molecule has 0 radical (unpaired) electrons. The molecule has 26 heavy (non-hydrogen) atoms. The van der Waals surface area contributed by atoms with Crippen molar-refractivity contribution in [1.29, 1.82) is 0 Å². The quantitative estimate of drug-likeness (QED) is 0.552. The first kappa shape index (κ1) is 20.9. The predicted molar refractivity (Wildman–Crippen MR) is 112 cm³/mol. The molecule has 0 unspecified atom stereocenters. The van der Waals surface area contributed by atoms with E-state index in [0.29, 0.717) is 23.0 Å². The Morgan fingerprint density at radius 3 is 2.69 bits per heavy atom. The van der Waals surface area contributed by atoms with Gasteiger partial charge in [0.25, 0.3) is 5.91 Å². The van der Waals surface area contributed by atoms with Gasteiger partial charge in [-0.1, -0.05) is 48.3 Å². The van der Waals surface area contributed by atoms with Gasteiger partial charge < -0.3 is 10.1 Å². The predicted octanol–water partition coefficient (Wildman–Crippen LogP) is 5.51. The van der Waals surface area contributed by atoms with Crippen molar-refractivity contribution in [3.63, 3.8) is 0 Å². The number of nitrogens with one attached hydrogen (secondary N) is 1. The fourth-order valence-electron chi connectivity index (χ4n) is 2.35. The minimum Gasteiger partial charge on any atom is -0.481 e. The molecule has 2 rings (SSSR count). The standard InChI is InChI=1S/C20H23Cl2NO2S/c1-3-19(25-16-6-4-5-14(2)11-16)20(24)23-9-10-26-13-15-7-8-17(21)18(22)12-15/h4-8,11-12,19H,3,9-10,13H2,1-2H3,(H,23,24)/t19-/m0/s1. The fraction of sp³-hybridized carbons (Fsp3) is 0.350. The molecule has 0 heterocycles. The summed E-state index contributed by atoms with van der Waals surface area (Å²) in [6.45, 7) is 4.54. The van der Waals surface area contributed by atoms with Crippen LogP contribution in [-0.4, -0.2) is 24.3 Å². The Kier molecular flexibility index (Phi) is 8.63. The van der Waals surface area contributed by atoms with Gasteiger partial charge in [0.1, 0.15) is 5.75 Å². The lowest BCUT2D eigenvalue weighted by Gasteiger charge is -2.17. The first-order valence-corrected chi connectivity index (χ1v) is 10.4. The summed E-state index contributed by atoms with van der Waals surface area (Å²) in [7, 11) is 0. The molecular formula is C20H23Cl2NO2S. The highest BCUT2D eigenvalue weighted by atomic mass is 35.5. The number of hydrogen-bond acceptors (Lipinski definition) is 3. The second-order valence-electron chi connectivity index (χ2n) is 5.92. The van der Waals surface area contributed by atoms with E-state index in [1.165, 1.54) is 0 Å². The van der Waals surface area contributed by atoms with Gasteiger partial charge in [0.15, 0.2) is 6.10 Å². The highest BCUT2D eigenvalue weighted by Crippen LogP contribution is 2.24. The molecule has 0 saturated carbocycles. The number of carbonyl (C=O) groups excluding carboxylic acids is 1. The Hall–Kier alpha value is -1.36. The zero-order valence-electron chi connectivity index (χ0n) is 14.9. The van der Waals surface area contributed by atoms with Crippen molar-refractivity contribution in [3.05, 3.63) is 63.6 Å². The van der Waals surface area contributed by atoms with Gasteiger partial charge in [-0.2, -0.15) is 11.8 Å². The largest absolute Gasteiger partial charge is 0.481 e. The summed E-state index contributed by atoms with van der Waals surface area (Å²) in [6.07, 6.45) is 0.146. The van der Waals surface area contributed by atoms with Crippen LogP contribution in [0.2, 0.25) is 10.0 Å². The second kappa shape index (κ2) is 10.7. The lowest BCUT2D eigenvalue weighted by atomic mass is 10.2. The number of ether oxygens (including phenoxy) is 1. The van der Waals surface area contributed by atoms with Crippen molar-refractivity contribution >= 4 is 40.9 Å². The maximum Gasteiger partial charge on any atom is 0.261 e. The Bertz CT molecular complexity index is 740. The lowest BCUT2D eigenvalue weighted by Crippen LogP contribution is -2.39. The highest BCUT2D eigenvalue weighted by Gasteiger charge is 2.17. The van der Waals surface area contributed by atoms with Crippen molar-refractivity contribution in [3.8, 4) is 5.75 Å². The SMILES string of the molecule is CC[C@H](Oc1cccc(C)c1)C(=O)NCCSCc1ccc(Cl)c(Cl)c1. The van der Waals surface area contributed by atoms with E-state index < -0.39 is 6.10 Å². The number of aryl methyl sites for hydroxylation is 1. The molecule has 6 heteroatoms. The van der Waals surface area contributed by atoms with Crippen LogP contribution >= 0.6 is 35.0 Å². The van der Waals surface area contributed by atoms with E-state index in [0.717, 1.165) is 28.4 Å². The number of thioether (sulfide) groups is 1. The molecule has 0 aliphatic heterocycles. The molecule has 1 N–H and O–H groups in total. The van der Waals surface area contributed by atoms with Gasteiger partial charge in [-0.25, -0.2) is 0 Å². The summed E-state index contributed by atoms with van der Waals surface area (Å²) in [4.78, 5) is 12.3. The molecular weight excluding hydrogens is 389 g/mol. The average molecular weight is 412 g/mol. The number of rotatable bonds is 9. The van der Waals surface area contributed by atoms with Crippen LogP contribution < -0.4 is 10.1 Å². The monoisotopic (exact) mass is 411 g/mol. The number of carbonyl (C=O) groups is 1. The van der Waals surface area contributed by atoms with E-state index in [1.54, 1.807) is 17.8 Å². The smallest absolute Gasteiger partial charge is 0.261 e. The maximum absolute atomic E-state index is 12.3. The van der Waals surface area contributed by atoms with Gasteiger partial charge in [-0.05, 0) is 48.7 Å². The normalized spacial score (nSPS) is 11.8. The molecule has 140 valence electrons. The van der Waals surface area contributed by atoms with Gasteiger partial charge in [0.2, 0.25) is 0 Å². The molecule has 0 bridgehead atoms. The van der Waals surface area contributed by atoms with Gasteiger partial charge in [-0.3, -0.25) is 4.79 Å². The third kappa shape index (κ3) is 6.75. The van der Waals surface area contributed by atoms with Crippen molar-refractivity contribution in [2.45, 2.75) is 32.1 Å². The van der Waals surface area contributed by atoms with Crippen LogP contribution in [0.25, 0.3) is 0 Å². The van der Waals surface area contributed by atoms with Gasteiger partial charge in [0, 0.05) is 18.1 Å². The van der Waals surface area contributed by atoms with Gasteiger partial charge >= 0.3 is 0 Å². The summed E-state index contributed by atoms with van der Waals surface area (Å²) in [5, 5.41) is 4.07. The molecule has 1 amide bonds. The Morgan fingerprint density at radius 2 is 2.00 bits per heavy atom. The van der Waals surface area contributed by atoms with Crippen LogP contribution in [0.3, 0.4) is 0 Å². The Labute approximate surface area is 169 Å². The summed E-state index contributed by atoms with van der Waals surface area (Å²) in [5.74, 6) is 2.28. The van der Waals surface area contributed by atoms with Gasteiger partial charge in [-0.15, -0.1) is 0 Å². The van der Waals surface area contributed by atoms with Crippen molar-refractivity contribution in [2.75, 3.05) is 12.3 Å². The van der Waals surface area contributed by atoms with Crippen LogP contribution in [-0.2, 0) is 10.5 Å². The number of amides is 1. The van der Waals surface area contributed by atoms with E-state index in [4.69, 9.17) is 27.9 Å². The number of halogens is 2. The molecule has 3 nitrogen and oxygen atoms in total. The summed E-state index contributed by atoms with van der Waals surface area (Å²) < 4.78 is 5.81. The van der Waals surface area contributed by atoms with Crippen LogP contribution in [0.5, 0.6) is 5.75 Å². The van der Waals surface area contributed by atoms with E-state index in [-0.39, 0.29) is 5.91 Å². The van der Waals surface area contributed by atoms with Crippen molar-refractivity contribution in [2.24, 2.45) is 0 Å². The molecule has 0 fully saturated rings. The first-order chi connectivity index (χ1) is 12.5. The van der Waals surface area contributed by atoms with Crippen LogP contribution in [0.15, 0.2) is 42.5 Å². The van der Waals surface area contributed by atoms with Crippen molar-refractivity contribution in [1.82, 2.24) is 5.32 Å². The van der Waals surface area contributed by atoms with Crippen LogP contribution in [0.1, 0.15) is 24.5 Å². The Balaban J connectivity index is 1.71. The van der Waals surface area contributed by atoms with E-state index in [9.17, 15) is 4.79 Å². The number of benzene rings is 2. The summed E-state index contributed by atoms with van der Waals surface area (Å²) in [5.41, 5.74) is 2.22. The lowest BCUT2D eigenvalue weighted by molar-refractivity contribution is -0.127. The minimum absolute atomic E-state index is 0.0795. The fourth-order valence-corrected chi connectivity index (χ4v) is 3.48. The van der Waals surface area contributed by atoms with Crippen molar-refractivity contribution < 1.29 is 9.53 Å². The molecule has 1 atom stereocenters. The van der Waals surface area contributed by atoms with Crippen LogP contribution in [0, 0.1) is 6.92 Å². The van der Waals surface area contributed by atoms with E-state index >= 15 is 0 Å². The van der Waals surface area contributed by atoms with E-state index in [2.05, 4.69) is 5.32 Å². The first-order valence-electron chi connectivity index (χ1n) is 8.52. The topological polar surface area (TPSA) is 38.3 Å². The van der Waals surface area contributed by atoms with Crippen LogP contribution in [0.4, 0.5) is 0 Å². The average Bonchev–Trinajstić information content (AvgIpc) is 2.62. The second-order valence-corrected chi connectivity index (χ2v) is 7.84. The van der Waals surface area contributed by atoms with E-state index in [1.807, 2.05) is 50.2 Å². The minimum atomic E-state index is -0.475. The zero-order valence-corrected chi connectivity index (χ0v) is 17.3. The molecule has 0 spiro atoms. The zero-order chi connectivity index (χ0) is 18.9.